The summed E-state index contributed by atoms with van der Waals surface area (Å²) < 4.78 is 15.1. The van der Waals surface area contributed by atoms with Crippen LogP contribution in [0.4, 0.5) is 4.79 Å². The number of carbonyl (C=O) groups is 3. The highest BCUT2D eigenvalue weighted by molar-refractivity contribution is 5.86. The summed E-state index contributed by atoms with van der Waals surface area (Å²) in [5.41, 5.74) is -0.355. The van der Waals surface area contributed by atoms with Crippen molar-refractivity contribution in [2.24, 2.45) is 16.7 Å². The minimum atomic E-state index is -0.657. The van der Waals surface area contributed by atoms with Crippen LogP contribution in [0, 0.1) is 16.7 Å². The zero-order valence-electron chi connectivity index (χ0n) is 16.5. The lowest BCUT2D eigenvalue weighted by molar-refractivity contribution is -0.182. The molecule has 1 saturated carbocycles. The van der Waals surface area contributed by atoms with Gasteiger partial charge in [-0.25, -0.2) is 9.59 Å². The summed E-state index contributed by atoms with van der Waals surface area (Å²) in [6.07, 6.45) is 1.18. The first kappa shape index (κ1) is 22.0. The van der Waals surface area contributed by atoms with Gasteiger partial charge in [0.1, 0.15) is 19.8 Å². The van der Waals surface area contributed by atoms with E-state index in [4.69, 9.17) is 14.2 Å². The van der Waals surface area contributed by atoms with Crippen LogP contribution < -0.4 is 5.32 Å². The standard InChI is InChI=1S/C19H31NO6/c1-13(2)15(21)24-10-9-20-17(23)26-12-11-25-16(22)19(18(4,5)6)8-7-14(19)3/h14H,1,7-12H2,2-6H3,(H,20,23). The number of amides is 1. The molecule has 0 radical (unpaired) electrons. The number of carbonyl (C=O) groups excluding carboxylic acids is 3. The second kappa shape index (κ2) is 9.05. The minimum Gasteiger partial charge on any atom is -0.462 e. The lowest BCUT2D eigenvalue weighted by atomic mass is 9.49. The fraction of sp³-hybridized carbons (Fsp3) is 0.737. The summed E-state index contributed by atoms with van der Waals surface area (Å²) in [6.45, 7) is 13.4. The maximum Gasteiger partial charge on any atom is 0.407 e. The zero-order valence-corrected chi connectivity index (χ0v) is 16.5. The third kappa shape index (κ3) is 5.22. The fourth-order valence-corrected chi connectivity index (χ4v) is 3.31. The molecule has 1 rings (SSSR count). The van der Waals surface area contributed by atoms with Gasteiger partial charge in [0.05, 0.1) is 12.0 Å². The fourth-order valence-electron chi connectivity index (χ4n) is 3.31. The molecule has 0 aromatic heterocycles. The van der Waals surface area contributed by atoms with Crippen LogP contribution in [0.15, 0.2) is 12.2 Å². The van der Waals surface area contributed by atoms with E-state index in [0.29, 0.717) is 5.57 Å². The van der Waals surface area contributed by atoms with Crippen molar-refractivity contribution >= 4 is 18.0 Å². The zero-order chi connectivity index (χ0) is 20.0. The van der Waals surface area contributed by atoms with Gasteiger partial charge in [-0.1, -0.05) is 34.3 Å². The highest BCUT2D eigenvalue weighted by atomic mass is 16.6. The van der Waals surface area contributed by atoms with Gasteiger partial charge in [0.15, 0.2) is 0 Å². The number of nitrogens with one attached hydrogen (secondary N) is 1. The molecule has 0 aromatic carbocycles. The summed E-state index contributed by atoms with van der Waals surface area (Å²) in [5, 5.41) is 2.44. The second-order valence-electron chi connectivity index (χ2n) is 7.78. The number of esters is 2. The Kier molecular flexibility index (Phi) is 7.66. The van der Waals surface area contributed by atoms with E-state index in [-0.39, 0.29) is 43.7 Å². The first-order valence-electron chi connectivity index (χ1n) is 8.93. The Hall–Kier alpha value is -2.05. The van der Waals surface area contributed by atoms with Gasteiger partial charge in [-0.2, -0.15) is 0 Å². The van der Waals surface area contributed by atoms with E-state index in [2.05, 4.69) is 39.6 Å². The molecule has 2 atom stereocenters. The van der Waals surface area contributed by atoms with E-state index in [9.17, 15) is 14.4 Å². The maximum atomic E-state index is 12.5. The molecule has 1 N–H and O–H groups in total. The molecule has 0 heterocycles. The van der Waals surface area contributed by atoms with Crippen molar-refractivity contribution in [1.82, 2.24) is 5.32 Å². The molecular formula is C19H31NO6. The van der Waals surface area contributed by atoms with Crippen LogP contribution >= 0.6 is 0 Å². The number of hydrogen-bond acceptors (Lipinski definition) is 6. The highest BCUT2D eigenvalue weighted by Gasteiger charge is 2.58. The van der Waals surface area contributed by atoms with Gasteiger partial charge in [0.2, 0.25) is 0 Å². The number of alkyl carbamates (subject to hydrolysis) is 1. The van der Waals surface area contributed by atoms with Crippen molar-refractivity contribution in [3.8, 4) is 0 Å². The quantitative estimate of drug-likeness (QED) is 0.306. The second-order valence-corrected chi connectivity index (χ2v) is 7.78. The van der Waals surface area contributed by atoms with Gasteiger partial charge in [-0.3, -0.25) is 4.79 Å². The molecule has 0 saturated heterocycles. The summed E-state index contributed by atoms with van der Waals surface area (Å²) in [5.74, 6) is -0.453. The summed E-state index contributed by atoms with van der Waals surface area (Å²) in [6, 6.07) is 0. The molecule has 1 fully saturated rings. The molecule has 2 unspecified atom stereocenters. The van der Waals surface area contributed by atoms with Crippen molar-refractivity contribution in [1.29, 1.82) is 0 Å². The molecule has 0 bridgehead atoms. The molecule has 0 aromatic rings. The van der Waals surface area contributed by atoms with Gasteiger partial charge in [0.25, 0.3) is 0 Å². The summed E-state index contributed by atoms with van der Waals surface area (Å²) in [7, 11) is 0. The minimum absolute atomic E-state index is 0.0153. The predicted octanol–water partition coefficient (Wildman–Crippen LogP) is 2.84. The third-order valence-electron chi connectivity index (χ3n) is 5.02. The Morgan fingerprint density at radius 2 is 1.73 bits per heavy atom. The molecule has 0 aliphatic heterocycles. The molecule has 1 amide bonds. The lowest BCUT2D eigenvalue weighted by Crippen LogP contribution is -2.55. The topological polar surface area (TPSA) is 90.9 Å². The Morgan fingerprint density at radius 1 is 1.12 bits per heavy atom. The van der Waals surface area contributed by atoms with E-state index < -0.39 is 17.5 Å². The number of hydrogen-bond donors (Lipinski definition) is 1. The van der Waals surface area contributed by atoms with Crippen LogP contribution in [0.25, 0.3) is 0 Å². The third-order valence-corrected chi connectivity index (χ3v) is 5.02. The largest absolute Gasteiger partial charge is 0.462 e. The van der Waals surface area contributed by atoms with E-state index in [1.54, 1.807) is 6.92 Å². The normalized spacial score (nSPS) is 22.0. The van der Waals surface area contributed by atoms with Gasteiger partial charge in [0, 0.05) is 5.57 Å². The Bertz CT molecular complexity index is 551. The highest BCUT2D eigenvalue weighted by Crippen LogP contribution is 2.58. The molecule has 0 spiro atoms. The molecule has 1 aliphatic rings. The smallest absolute Gasteiger partial charge is 0.407 e. The SMILES string of the molecule is C=C(C)C(=O)OCCNC(=O)OCCOC(=O)C1(C(C)(C)C)CCC1C. The van der Waals surface area contributed by atoms with E-state index in [0.717, 1.165) is 12.8 Å². The predicted molar refractivity (Wildman–Crippen MR) is 96.4 cm³/mol. The summed E-state index contributed by atoms with van der Waals surface area (Å²) in [4.78, 5) is 35.2. The van der Waals surface area contributed by atoms with Crippen molar-refractivity contribution in [3.05, 3.63) is 12.2 Å². The van der Waals surface area contributed by atoms with Crippen LogP contribution in [-0.4, -0.2) is 44.4 Å². The molecule has 7 nitrogen and oxygen atoms in total. The maximum absolute atomic E-state index is 12.5. The Labute approximate surface area is 155 Å². The van der Waals surface area contributed by atoms with Crippen LogP contribution in [0.1, 0.15) is 47.5 Å². The van der Waals surface area contributed by atoms with Crippen LogP contribution in [-0.2, 0) is 23.8 Å². The van der Waals surface area contributed by atoms with Crippen molar-refractivity contribution < 1.29 is 28.6 Å². The first-order chi connectivity index (χ1) is 12.0. The number of rotatable bonds is 8. The average molecular weight is 369 g/mol. The molecule has 148 valence electrons. The van der Waals surface area contributed by atoms with Crippen LogP contribution in [0.2, 0.25) is 0 Å². The van der Waals surface area contributed by atoms with Gasteiger partial charge >= 0.3 is 18.0 Å². The van der Waals surface area contributed by atoms with E-state index in [1.165, 1.54) is 0 Å². The number of ether oxygens (including phenoxy) is 3. The molecule has 26 heavy (non-hydrogen) atoms. The van der Waals surface area contributed by atoms with Crippen LogP contribution in [0.3, 0.4) is 0 Å². The van der Waals surface area contributed by atoms with E-state index >= 15 is 0 Å². The van der Waals surface area contributed by atoms with Crippen LogP contribution in [0.5, 0.6) is 0 Å². The van der Waals surface area contributed by atoms with Crippen molar-refractivity contribution in [2.75, 3.05) is 26.4 Å². The van der Waals surface area contributed by atoms with Crippen molar-refractivity contribution in [3.63, 3.8) is 0 Å². The molecule has 1 aliphatic carbocycles. The van der Waals surface area contributed by atoms with Gasteiger partial charge in [-0.05, 0) is 31.1 Å². The molecule has 7 heteroatoms. The Morgan fingerprint density at radius 3 is 2.19 bits per heavy atom. The average Bonchev–Trinajstić information content (AvgIpc) is 2.52. The van der Waals surface area contributed by atoms with E-state index in [1.807, 2.05) is 0 Å². The van der Waals surface area contributed by atoms with Gasteiger partial charge in [-0.15, -0.1) is 0 Å². The Balaban J connectivity index is 2.23. The lowest BCUT2D eigenvalue weighted by Gasteiger charge is -2.54. The molecular weight excluding hydrogens is 338 g/mol. The monoisotopic (exact) mass is 369 g/mol. The van der Waals surface area contributed by atoms with Gasteiger partial charge < -0.3 is 19.5 Å². The summed E-state index contributed by atoms with van der Waals surface area (Å²) >= 11 is 0. The first-order valence-corrected chi connectivity index (χ1v) is 8.93. The van der Waals surface area contributed by atoms with Crippen molar-refractivity contribution in [2.45, 2.75) is 47.5 Å².